The van der Waals surface area contributed by atoms with Gasteiger partial charge in [0.1, 0.15) is 18.1 Å². The summed E-state index contributed by atoms with van der Waals surface area (Å²) in [4.78, 5) is 10.9. The number of ether oxygens (including phenoxy) is 1. The van der Waals surface area contributed by atoms with E-state index < -0.39 is 5.91 Å². The van der Waals surface area contributed by atoms with Gasteiger partial charge in [-0.1, -0.05) is 0 Å². The SMILES string of the molecule is NC(=O)c1cc2c(cc1O)OC[C@H]2N. The highest BCUT2D eigenvalue weighted by atomic mass is 16.5. The Balaban J connectivity index is 2.57. The standard InChI is InChI=1S/C9H10N2O3/c10-6-3-14-8-2-7(12)5(9(11)13)1-4(6)8/h1-2,6,12H,3,10H2,(H2,11,13)/t6-/m1/s1. The lowest BCUT2D eigenvalue weighted by Gasteiger charge is -2.05. The highest BCUT2D eigenvalue weighted by Crippen LogP contribution is 2.35. The number of hydrogen-bond donors (Lipinski definition) is 3. The molecule has 1 aromatic rings. The molecule has 1 heterocycles. The number of carbonyl (C=O) groups excluding carboxylic acids is 1. The molecule has 1 aromatic carbocycles. The molecule has 1 amide bonds. The third kappa shape index (κ3) is 1.18. The molecule has 0 saturated carbocycles. The van der Waals surface area contributed by atoms with Crippen LogP contribution in [-0.2, 0) is 0 Å². The molecule has 0 bridgehead atoms. The number of primary amides is 1. The molecular weight excluding hydrogens is 184 g/mol. The number of aromatic hydroxyl groups is 1. The molecule has 2 rings (SSSR count). The van der Waals surface area contributed by atoms with E-state index in [0.29, 0.717) is 17.9 Å². The smallest absolute Gasteiger partial charge is 0.252 e. The number of hydrogen-bond acceptors (Lipinski definition) is 4. The number of fused-ring (bicyclic) bond motifs is 1. The Morgan fingerprint density at radius 2 is 2.29 bits per heavy atom. The van der Waals surface area contributed by atoms with E-state index in [1.165, 1.54) is 12.1 Å². The largest absolute Gasteiger partial charge is 0.507 e. The van der Waals surface area contributed by atoms with Gasteiger partial charge in [0.05, 0.1) is 11.6 Å². The molecule has 5 heteroatoms. The van der Waals surface area contributed by atoms with Crippen LogP contribution in [-0.4, -0.2) is 17.6 Å². The molecule has 74 valence electrons. The summed E-state index contributed by atoms with van der Waals surface area (Å²) >= 11 is 0. The van der Waals surface area contributed by atoms with Gasteiger partial charge >= 0.3 is 0 Å². The average molecular weight is 194 g/mol. The second-order valence-electron chi connectivity index (χ2n) is 3.19. The fourth-order valence-electron chi connectivity index (χ4n) is 1.47. The van der Waals surface area contributed by atoms with Crippen molar-refractivity contribution < 1.29 is 14.6 Å². The summed E-state index contributed by atoms with van der Waals surface area (Å²) in [5.74, 6) is -0.338. The Morgan fingerprint density at radius 1 is 1.57 bits per heavy atom. The minimum atomic E-state index is -0.676. The van der Waals surface area contributed by atoms with Crippen LogP contribution in [0, 0.1) is 0 Å². The van der Waals surface area contributed by atoms with E-state index >= 15 is 0 Å². The number of benzene rings is 1. The molecule has 1 aliphatic heterocycles. The van der Waals surface area contributed by atoms with Crippen LogP contribution in [0.15, 0.2) is 12.1 Å². The van der Waals surface area contributed by atoms with E-state index in [1.54, 1.807) is 0 Å². The van der Waals surface area contributed by atoms with Gasteiger partial charge in [0.25, 0.3) is 5.91 Å². The molecule has 1 aliphatic rings. The molecule has 5 nitrogen and oxygen atoms in total. The van der Waals surface area contributed by atoms with Crippen molar-refractivity contribution in [3.63, 3.8) is 0 Å². The van der Waals surface area contributed by atoms with Crippen molar-refractivity contribution in [3.8, 4) is 11.5 Å². The summed E-state index contributed by atoms with van der Waals surface area (Å²) in [7, 11) is 0. The van der Waals surface area contributed by atoms with Gasteiger partial charge in [0.2, 0.25) is 0 Å². The van der Waals surface area contributed by atoms with Crippen molar-refractivity contribution in [3.05, 3.63) is 23.3 Å². The van der Waals surface area contributed by atoms with E-state index in [2.05, 4.69) is 0 Å². The molecule has 0 unspecified atom stereocenters. The lowest BCUT2D eigenvalue weighted by molar-refractivity contribution is 0.0997. The predicted molar refractivity (Wildman–Crippen MR) is 49.0 cm³/mol. The van der Waals surface area contributed by atoms with Crippen molar-refractivity contribution >= 4 is 5.91 Å². The lowest BCUT2D eigenvalue weighted by Crippen LogP contribution is -2.14. The quantitative estimate of drug-likeness (QED) is 0.580. The van der Waals surface area contributed by atoms with Gasteiger partial charge < -0.3 is 21.3 Å². The fourth-order valence-corrected chi connectivity index (χ4v) is 1.47. The second kappa shape index (κ2) is 2.88. The lowest BCUT2D eigenvalue weighted by atomic mass is 10.0. The molecule has 1 atom stereocenters. The Morgan fingerprint density at radius 3 is 2.93 bits per heavy atom. The van der Waals surface area contributed by atoms with Crippen molar-refractivity contribution in [2.75, 3.05) is 6.61 Å². The second-order valence-corrected chi connectivity index (χ2v) is 3.19. The zero-order chi connectivity index (χ0) is 10.3. The molecule has 0 radical (unpaired) electrons. The van der Waals surface area contributed by atoms with Crippen LogP contribution < -0.4 is 16.2 Å². The van der Waals surface area contributed by atoms with Gasteiger partial charge in [-0.15, -0.1) is 0 Å². The van der Waals surface area contributed by atoms with Crippen molar-refractivity contribution in [2.24, 2.45) is 11.5 Å². The van der Waals surface area contributed by atoms with Gasteiger partial charge in [0, 0.05) is 11.6 Å². The van der Waals surface area contributed by atoms with Crippen molar-refractivity contribution in [2.45, 2.75) is 6.04 Å². The first-order valence-electron chi connectivity index (χ1n) is 4.14. The monoisotopic (exact) mass is 194 g/mol. The Labute approximate surface area is 80.3 Å². The first kappa shape index (κ1) is 8.83. The van der Waals surface area contributed by atoms with Gasteiger partial charge in [0.15, 0.2) is 0 Å². The molecular formula is C9H10N2O3. The summed E-state index contributed by atoms with van der Waals surface area (Å²) in [5, 5.41) is 9.41. The fraction of sp³-hybridized carbons (Fsp3) is 0.222. The molecule has 0 spiro atoms. The van der Waals surface area contributed by atoms with Gasteiger partial charge in [-0.2, -0.15) is 0 Å². The Kier molecular flexibility index (Phi) is 1.82. The molecule has 14 heavy (non-hydrogen) atoms. The summed E-state index contributed by atoms with van der Waals surface area (Å²) in [6.45, 7) is 0.358. The van der Waals surface area contributed by atoms with Crippen LogP contribution in [0.5, 0.6) is 11.5 Å². The van der Waals surface area contributed by atoms with Crippen molar-refractivity contribution in [1.82, 2.24) is 0 Å². The van der Waals surface area contributed by atoms with Crippen LogP contribution in [0.2, 0.25) is 0 Å². The molecule has 0 fully saturated rings. The molecule has 5 N–H and O–H groups in total. The Hall–Kier alpha value is -1.75. The number of nitrogens with two attached hydrogens (primary N) is 2. The Bertz CT molecular complexity index is 403. The average Bonchev–Trinajstić information content (AvgIpc) is 2.46. The van der Waals surface area contributed by atoms with Crippen LogP contribution in [0.1, 0.15) is 22.0 Å². The van der Waals surface area contributed by atoms with E-state index in [4.69, 9.17) is 16.2 Å². The summed E-state index contributed by atoms with van der Waals surface area (Å²) in [6.07, 6.45) is 0. The van der Waals surface area contributed by atoms with Crippen molar-refractivity contribution in [1.29, 1.82) is 0 Å². The minimum Gasteiger partial charge on any atom is -0.507 e. The highest BCUT2D eigenvalue weighted by molar-refractivity contribution is 5.96. The van der Waals surface area contributed by atoms with Gasteiger partial charge in [-0.25, -0.2) is 0 Å². The molecule has 0 aliphatic carbocycles. The first-order valence-corrected chi connectivity index (χ1v) is 4.14. The van der Waals surface area contributed by atoms with E-state index in [-0.39, 0.29) is 17.4 Å². The molecule has 0 aromatic heterocycles. The number of carbonyl (C=O) groups is 1. The van der Waals surface area contributed by atoms with Gasteiger partial charge in [-0.3, -0.25) is 4.79 Å². The van der Waals surface area contributed by atoms with Gasteiger partial charge in [-0.05, 0) is 6.07 Å². The van der Waals surface area contributed by atoms with Crippen LogP contribution in [0.4, 0.5) is 0 Å². The third-order valence-corrected chi connectivity index (χ3v) is 2.21. The number of rotatable bonds is 1. The maximum atomic E-state index is 10.9. The first-order chi connectivity index (χ1) is 6.59. The third-order valence-electron chi connectivity index (χ3n) is 2.21. The highest BCUT2D eigenvalue weighted by Gasteiger charge is 2.23. The predicted octanol–water partition coefficient (Wildman–Crippen LogP) is -0.117. The number of amides is 1. The summed E-state index contributed by atoms with van der Waals surface area (Å²) in [6, 6.07) is 2.58. The van der Waals surface area contributed by atoms with E-state index in [1.807, 2.05) is 0 Å². The number of phenols is 1. The normalized spacial score (nSPS) is 18.8. The minimum absolute atomic E-state index is 0.0738. The molecule has 0 saturated heterocycles. The summed E-state index contributed by atoms with van der Waals surface area (Å²) < 4.78 is 5.19. The van der Waals surface area contributed by atoms with Crippen LogP contribution in [0.25, 0.3) is 0 Å². The van der Waals surface area contributed by atoms with E-state index in [0.717, 1.165) is 0 Å². The maximum Gasteiger partial charge on any atom is 0.252 e. The van der Waals surface area contributed by atoms with Crippen LogP contribution in [0.3, 0.4) is 0 Å². The topological polar surface area (TPSA) is 98.6 Å². The van der Waals surface area contributed by atoms with E-state index in [9.17, 15) is 9.90 Å². The zero-order valence-electron chi connectivity index (χ0n) is 7.36. The summed E-state index contributed by atoms with van der Waals surface area (Å²) in [5.41, 5.74) is 11.6. The van der Waals surface area contributed by atoms with Crippen LogP contribution >= 0.6 is 0 Å². The zero-order valence-corrected chi connectivity index (χ0v) is 7.36. The maximum absolute atomic E-state index is 10.9.